The second-order valence-corrected chi connectivity index (χ2v) is 17.2. The summed E-state index contributed by atoms with van der Waals surface area (Å²) < 4.78 is 6.16. The van der Waals surface area contributed by atoms with Gasteiger partial charge in [0.15, 0.2) is 0 Å². The fourth-order valence-corrected chi connectivity index (χ4v) is 9.69. The van der Waals surface area contributed by atoms with Crippen LogP contribution >= 0.6 is 0 Å². The third-order valence-corrected chi connectivity index (χ3v) is 13.5. The van der Waals surface area contributed by atoms with Gasteiger partial charge in [0.05, 0.1) is 12.7 Å². The minimum atomic E-state index is -0.385. The van der Waals surface area contributed by atoms with E-state index in [9.17, 15) is 5.11 Å². The molecule has 0 amide bonds. The normalized spacial score (nSPS) is 24.8. The van der Waals surface area contributed by atoms with Crippen LogP contribution < -0.4 is 0 Å². The number of hydrogen-bond donors (Lipinski definition) is 1. The molecule has 0 heterocycles. The summed E-state index contributed by atoms with van der Waals surface area (Å²) in [4.78, 5) is 0. The summed E-state index contributed by atoms with van der Waals surface area (Å²) in [5.74, 6) is 3.22. The maximum Gasteiger partial charge on any atom is 0.0779 e. The molecule has 0 saturated heterocycles. The monoisotopic (exact) mass is 645 g/mol. The third kappa shape index (κ3) is 9.97. The van der Waals surface area contributed by atoms with Crippen LogP contribution in [0.1, 0.15) is 174 Å². The van der Waals surface area contributed by atoms with E-state index in [4.69, 9.17) is 4.74 Å². The van der Waals surface area contributed by atoms with Gasteiger partial charge in [-0.2, -0.15) is 0 Å². The van der Waals surface area contributed by atoms with Gasteiger partial charge < -0.3 is 9.84 Å². The molecule has 4 rings (SSSR count). The van der Waals surface area contributed by atoms with Gasteiger partial charge in [0.1, 0.15) is 0 Å². The van der Waals surface area contributed by atoms with Crippen molar-refractivity contribution in [2.24, 2.45) is 28.6 Å². The van der Waals surface area contributed by atoms with E-state index in [0.717, 1.165) is 37.7 Å². The van der Waals surface area contributed by atoms with Gasteiger partial charge in [-0.15, -0.1) is 0 Å². The van der Waals surface area contributed by atoms with Crippen LogP contribution in [0.5, 0.6) is 0 Å². The van der Waals surface area contributed by atoms with Crippen molar-refractivity contribution in [3.05, 3.63) is 71.3 Å². The molecule has 2 aliphatic rings. The standard InChI is InChI=1S/C45H72O2/c1-9-13-19-35(11-3)31-47-32-40(46)30-45(8,39-24-25-39)33-44(7)27-26-37(41-22-17-18-23-42(41)44)28-38(36-20-15-14-16-21-36)29-43(6,12-4)34(5)10-2/h14-18,20-23,34-35,37-40,46H,9-13,19,24-33H2,1-8H3. The van der Waals surface area contributed by atoms with Gasteiger partial charge in [-0.05, 0) is 120 Å². The van der Waals surface area contributed by atoms with Crippen molar-refractivity contribution < 1.29 is 9.84 Å². The molecule has 1 fully saturated rings. The molecule has 47 heavy (non-hydrogen) atoms. The van der Waals surface area contributed by atoms with E-state index in [0.29, 0.717) is 29.8 Å². The molecule has 2 aromatic rings. The van der Waals surface area contributed by atoms with E-state index in [1.807, 2.05) is 0 Å². The number of unbranched alkanes of at least 4 members (excludes halogenated alkanes) is 1. The van der Waals surface area contributed by atoms with Gasteiger partial charge in [-0.3, -0.25) is 0 Å². The summed E-state index contributed by atoms with van der Waals surface area (Å²) in [5, 5.41) is 11.3. The molecule has 2 aromatic carbocycles. The van der Waals surface area contributed by atoms with Crippen LogP contribution in [-0.4, -0.2) is 24.4 Å². The molecule has 0 aliphatic heterocycles. The summed E-state index contributed by atoms with van der Waals surface area (Å²) in [6.07, 6.45) is 16.6. The highest BCUT2D eigenvalue weighted by molar-refractivity contribution is 5.40. The second-order valence-electron chi connectivity index (χ2n) is 17.2. The number of aliphatic hydroxyl groups excluding tert-OH is 1. The molecule has 2 nitrogen and oxygen atoms in total. The van der Waals surface area contributed by atoms with Crippen molar-refractivity contribution in [1.82, 2.24) is 0 Å². The third-order valence-electron chi connectivity index (χ3n) is 13.5. The summed E-state index contributed by atoms with van der Waals surface area (Å²) in [6, 6.07) is 20.9. The number of ether oxygens (including phenoxy) is 1. The molecular formula is C45H72O2. The molecule has 0 radical (unpaired) electrons. The Kier molecular flexibility index (Phi) is 14.1. The van der Waals surface area contributed by atoms with Gasteiger partial charge in [0.25, 0.3) is 0 Å². The SMILES string of the molecule is CCCCC(CC)COCC(O)CC(C)(CC1(C)CCC(CC(CC(C)(CC)C(C)CC)c2ccccc2)c2ccccc21)C1CC1. The fourth-order valence-electron chi connectivity index (χ4n) is 9.69. The van der Waals surface area contributed by atoms with Crippen LogP contribution in [0, 0.1) is 28.6 Å². The molecular weight excluding hydrogens is 572 g/mol. The van der Waals surface area contributed by atoms with Gasteiger partial charge in [-0.1, -0.05) is 142 Å². The zero-order chi connectivity index (χ0) is 34.1. The van der Waals surface area contributed by atoms with Crippen LogP contribution in [0.15, 0.2) is 54.6 Å². The van der Waals surface area contributed by atoms with E-state index < -0.39 is 0 Å². The number of benzene rings is 2. The first-order valence-electron chi connectivity index (χ1n) is 19.9. The summed E-state index contributed by atoms with van der Waals surface area (Å²) in [7, 11) is 0. The Morgan fingerprint density at radius 2 is 1.60 bits per heavy atom. The molecule has 8 unspecified atom stereocenters. The fraction of sp³-hybridized carbons (Fsp3) is 0.733. The average Bonchev–Trinajstić information content (AvgIpc) is 3.94. The summed E-state index contributed by atoms with van der Waals surface area (Å²) in [5.41, 5.74) is 5.33. The van der Waals surface area contributed by atoms with Gasteiger partial charge in [-0.25, -0.2) is 0 Å². The zero-order valence-corrected chi connectivity index (χ0v) is 31.8. The predicted molar refractivity (Wildman–Crippen MR) is 202 cm³/mol. The van der Waals surface area contributed by atoms with Gasteiger partial charge in [0.2, 0.25) is 0 Å². The highest BCUT2D eigenvalue weighted by atomic mass is 16.5. The highest BCUT2D eigenvalue weighted by Gasteiger charge is 2.48. The number of rotatable bonds is 21. The Labute approximate surface area is 290 Å². The zero-order valence-electron chi connectivity index (χ0n) is 31.8. The lowest BCUT2D eigenvalue weighted by molar-refractivity contribution is -0.0122. The second kappa shape index (κ2) is 17.3. The molecule has 264 valence electrons. The first-order valence-corrected chi connectivity index (χ1v) is 19.9. The van der Waals surface area contributed by atoms with Gasteiger partial charge in [0, 0.05) is 6.61 Å². The van der Waals surface area contributed by atoms with Crippen molar-refractivity contribution in [3.8, 4) is 0 Å². The van der Waals surface area contributed by atoms with E-state index >= 15 is 0 Å². The minimum Gasteiger partial charge on any atom is -0.391 e. The van der Waals surface area contributed by atoms with E-state index in [1.165, 1.54) is 76.2 Å². The minimum absolute atomic E-state index is 0.134. The van der Waals surface area contributed by atoms with Crippen LogP contribution in [0.2, 0.25) is 0 Å². The van der Waals surface area contributed by atoms with E-state index in [2.05, 4.69) is 110 Å². The molecule has 1 saturated carbocycles. The lowest BCUT2D eigenvalue weighted by atomic mass is 9.58. The van der Waals surface area contributed by atoms with Crippen molar-refractivity contribution >= 4 is 0 Å². The van der Waals surface area contributed by atoms with Crippen molar-refractivity contribution in [1.29, 1.82) is 0 Å². The highest BCUT2D eigenvalue weighted by Crippen LogP contribution is 2.58. The maximum absolute atomic E-state index is 11.3. The summed E-state index contributed by atoms with van der Waals surface area (Å²) >= 11 is 0. The Hall–Kier alpha value is -1.64. The van der Waals surface area contributed by atoms with E-state index in [-0.39, 0.29) is 16.9 Å². The number of aliphatic hydroxyl groups is 1. The molecule has 0 bridgehead atoms. The maximum atomic E-state index is 11.3. The quantitative estimate of drug-likeness (QED) is 0.146. The smallest absolute Gasteiger partial charge is 0.0779 e. The van der Waals surface area contributed by atoms with Crippen LogP contribution in [0.25, 0.3) is 0 Å². The molecule has 8 atom stereocenters. The molecule has 0 spiro atoms. The lowest BCUT2D eigenvalue weighted by Gasteiger charge is -2.47. The van der Waals surface area contributed by atoms with Crippen molar-refractivity contribution in [2.45, 2.75) is 169 Å². The van der Waals surface area contributed by atoms with E-state index in [1.54, 1.807) is 11.1 Å². The molecule has 1 N–H and O–H groups in total. The Morgan fingerprint density at radius 3 is 2.23 bits per heavy atom. The molecule has 0 aromatic heterocycles. The first-order chi connectivity index (χ1) is 22.5. The van der Waals surface area contributed by atoms with Crippen molar-refractivity contribution in [3.63, 3.8) is 0 Å². The number of fused-ring (bicyclic) bond motifs is 1. The Balaban J connectivity index is 1.51. The lowest BCUT2D eigenvalue weighted by Crippen LogP contribution is -2.39. The van der Waals surface area contributed by atoms with Gasteiger partial charge >= 0.3 is 0 Å². The largest absolute Gasteiger partial charge is 0.391 e. The molecule has 2 aliphatic carbocycles. The number of hydrogen-bond acceptors (Lipinski definition) is 2. The topological polar surface area (TPSA) is 29.5 Å². The average molecular weight is 645 g/mol. The summed E-state index contributed by atoms with van der Waals surface area (Å²) in [6.45, 7) is 20.7. The van der Waals surface area contributed by atoms with Crippen LogP contribution in [-0.2, 0) is 10.2 Å². The Bertz CT molecular complexity index is 1190. The van der Waals surface area contributed by atoms with Crippen LogP contribution in [0.3, 0.4) is 0 Å². The first kappa shape index (κ1) is 38.2. The van der Waals surface area contributed by atoms with Crippen LogP contribution in [0.4, 0.5) is 0 Å². The molecule has 2 heteroatoms. The Morgan fingerprint density at radius 1 is 0.894 bits per heavy atom. The van der Waals surface area contributed by atoms with Crippen molar-refractivity contribution in [2.75, 3.05) is 13.2 Å². The predicted octanol–water partition coefficient (Wildman–Crippen LogP) is 12.6.